The molecule has 0 atom stereocenters. The van der Waals surface area contributed by atoms with Crippen molar-refractivity contribution in [1.82, 2.24) is 0 Å². The molecule has 0 radical (unpaired) electrons. The molecule has 0 amide bonds. The van der Waals surface area contributed by atoms with E-state index in [2.05, 4.69) is 439 Å². The molecule has 6 aliphatic rings. The minimum absolute atomic E-state index is 0.137. The van der Waals surface area contributed by atoms with E-state index in [-0.39, 0.29) is 51.3 Å². The highest BCUT2D eigenvalue weighted by molar-refractivity contribution is 7.02. The summed E-state index contributed by atoms with van der Waals surface area (Å²) in [4.78, 5) is 8.23. The van der Waals surface area contributed by atoms with Crippen LogP contribution in [0.4, 0.5) is 51.2 Å². The quantitative estimate of drug-likeness (QED) is 0.154. The zero-order valence-electron chi connectivity index (χ0n) is 73.5. The molecule has 0 saturated heterocycles. The Morgan fingerprint density at radius 2 is 0.622 bits per heavy atom. The van der Waals surface area contributed by atoms with Crippen molar-refractivity contribution in [3.63, 3.8) is 0 Å². The van der Waals surface area contributed by atoms with E-state index in [1.54, 1.807) is 0 Å². The fourth-order valence-electron chi connectivity index (χ4n) is 20.6. The number of benzene rings is 14. The number of para-hydroxylation sites is 1. The lowest BCUT2D eigenvalue weighted by Gasteiger charge is -2.47. The van der Waals surface area contributed by atoms with Gasteiger partial charge < -0.3 is 19.4 Å². The first-order valence-corrected chi connectivity index (χ1v) is 43.3. The Morgan fingerprint density at radius 3 is 1.13 bits per heavy atom. The Hall–Kier alpha value is -11.6. The molecule has 0 N–H and O–H groups in total. The summed E-state index contributed by atoms with van der Waals surface area (Å²) in [6, 6.07) is 111. The van der Waals surface area contributed by atoms with E-state index in [9.17, 15) is 0 Å². The van der Waals surface area contributed by atoms with E-state index in [1.807, 2.05) is 0 Å². The molecular weight excluding hydrogens is 1440 g/mol. The Balaban J connectivity index is 1.00. The lowest BCUT2D eigenvalue weighted by atomic mass is 9.30. The SMILES string of the molecule is CC(C)(C)c1cc(N2c3cc4c(cc3B3c5ccc(C(C)(C)C)cc5Oc5cc(C(C)(C)C)cc2c53)B2c3ccccc3N(c3cc(C(C)(C)C)cc(C(C)(C)C)c3)c3cc(-c5cccc6c5C5(c7ccccc7-c7ccccc75)c5ccccc5-6)cc(c32)N4c2c(-c3ccccc3)cc(C(C)(C)C)cc2-c2ccccc2)cc(C(C)(C)C)c1. The monoisotopic (exact) mass is 1550 g/mol. The first-order valence-electron chi connectivity index (χ1n) is 43.3. The van der Waals surface area contributed by atoms with Gasteiger partial charge in [0.2, 0.25) is 0 Å². The average molecular weight is 1550 g/mol. The maximum absolute atomic E-state index is 7.67. The molecule has 20 rings (SSSR count). The van der Waals surface area contributed by atoms with Crippen LogP contribution in [0.25, 0.3) is 55.6 Å². The van der Waals surface area contributed by atoms with Crippen LogP contribution < -0.4 is 52.2 Å². The van der Waals surface area contributed by atoms with Crippen LogP contribution in [0.3, 0.4) is 0 Å². The number of nitrogens with zero attached hydrogens (tertiary/aromatic N) is 3. The van der Waals surface area contributed by atoms with Gasteiger partial charge in [-0.25, -0.2) is 0 Å². The van der Waals surface area contributed by atoms with Crippen LogP contribution in [-0.4, -0.2) is 13.4 Å². The Bertz CT molecular complexity index is 6400. The fraction of sp³-hybridized carbons (Fsp3) is 0.257. The molecule has 4 aliphatic heterocycles. The lowest BCUT2D eigenvalue weighted by molar-refractivity contribution is 0.479. The largest absolute Gasteiger partial charge is 0.458 e. The highest BCUT2D eigenvalue weighted by Crippen LogP contribution is 2.66. The van der Waals surface area contributed by atoms with Gasteiger partial charge in [-0.2, -0.15) is 0 Å². The second-order valence-electron chi connectivity index (χ2n) is 42.1. The zero-order valence-corrected chi connectivity index (χ0v) is 73.5. The van der Waals surface area contributed by atoms with Crippen molar-refractivity contribution in [2.24, 2.45) is 0 Å². The van der Waals surface area contributed by atoms with Gasteiger partial charge in [-0.3, -0.25) is 0 Å². The van der Waals surface area contributed by atoms with Crippen molar-refractivity contribution in [3.8, 4) is 67.1 Å². The van der Waals surface area contributed by atoms with Gasteiger partial charge in [0.1, 0.15) is 11.5 Å². The molecule has 2 aliphatic carbocycles. The van der Waals surface area contributed by atoms with Crippen LogP contribution in [0.5, 0.6) is 11.5 Å². The molecule has 0 unspecified atom stereocenters. The number of rotatable bonds is 6. The van der Waals surface area contributed by atoms with Crippen molar-refractivity contribution in [2.75, 3.05) is 14.7 Å². The molecule has 4 heterocycles. The Morgan fingerprint density at radius 1 is 0.235 bits per heavy atom. The second kappa shape index (κ2) is 26.2. The Kier molecular flexibility index (Phi) is 16.8. The number of hydrogen-bond donors (Lipinski definition) is 0. The summed E-state index contributed by atoms with van der Waals surface area (Å²) >= 11 is 0. The summed E-state index contributed by atoms with van der Waals surface area (Å²) in [7, 11) is 0. The van der Waals surface area contributed by atoms with E-state index in [4.69, 9.17) is 4.74 Å². The van der Waals surface area contributed by atoms with E-state index in [0.717, 1.165) is 84.8 Å². The highest BCUT2D eigenvalue weighted by Gasteiger charge is 2.55. The maximum atomic E-state index is 7.67. The minimum atomic E-state index is -0.657. The third-order valence-corrected chi connectivity index (χ3v) is 27.1. The molecule has 14 aromatic rings. The van der Waals surface area contributed by atoms with Gasteiger partial charge >= 0.3 is 0 Å². The lowest BCUT2D eigenvalue weighted by Crippen LogP contribution is -2.64. The van der Waals surface area contributed by atoms with Crippen LogP contribution in [0.15, 0.2) is 279 Å². The van der Waals surface area contributed by atoms with E-state index < -0.39 is 5.41 Å². The summed E-state index contributed by atoms with van der Waals surface area (Å²) in [5.74, 6) is 1.84. The molecule has 0 saturated carbocycles. The van der Waals surface area contributed by atoms with Crippen molar-refractivity contribution < 1.29 is 4.74 Å². The van der Waals surface area contributed by atoms with Crippen molar-refractivity contribution >= 4 is 97.4 Å². The molecule has 588 valence electrons. The number of anilines is 9. The molecule has 119 heavy (non-hydrogen) atoms. The van der Waals surface area contributed by atoms with Gasteiger partial charge in [0.05, 0.1) is 11.1 Å². The fourth-order valence-corrected chi connectivity index (χ4v) is 20.6. The number of fused-ring (bicyclic) bond motifs is 18. The van der Waals surface area contributed by atoms with Crippen molar-refractivity contribution in [1.29, 1.82) is 0 Å². The molecule has 1 spiro atoms. The molecule has 0 aromatic heterocycles. The van der Waals surface area contributed by atoms with E-state index in [1.165, 1.54) is 127 Å². The van der Waals surface area contributed by atoms with Crippen molar-refractivity contribution in [2.45, 2.75) is 189 Å². The van der Waals surface area contributed by atoms with Gasteiger partial charge in [-0.1, -0.05) is 346 Å². The van der Waals surface area contributed by atoms with Crippen LogP contribution in [0.1, 0.15) is 207 Å². The first-order chi connectivity index (χ1) is 56.4. The predicted octanol–water partition coefficient (Wildman–Crippen LogP) is 26.6. The third kappa shape index (κ3) is 11.8. The van der Waals surface area contributed by atoms with Gasteiger partial charge in [-0.15, -0.1) is 0 Å². The smallest absolute Gasteiger partial charge is 0.256 e. The third-order valence-electron chi connectivity index (χ3n) is 27.1. The molecule has 0 fully saturated rings. The standard InChI is InChI=1S/C113H109B2N3O/c1-106(2,3)71-51-52-91-100(64-71)119-101-65-77(112(19,20)21)63-99-104(101)115(91)92-66-93-96(67-95(92)117(99)79-59-74(109(10,11)12)56-75(60-79)110(13,14)15)118(105-85(68-37-24-22-25-38-68)61-76(111(16,17)18)62-86(105)69-39-26-23-27-40-69)98-54-70(53-97-103(98)114(93)90-49-34-35-50-94(90)116(97)78-57-72(107(4,5)6)55-73(58-78)108(7,8)9)80-44-36-45-84-83-43-30-33-48-89(83)113(102(80)84)87-46-31-28-41-81(87)82-42-29-32-47-88(82)113/h22-67H,1-21H3. The zero-order chi connectivity index (χ0) is 83.1. The van der Waals surface area contributed by atoms with Gasteiger partial charge in [0, 0.05) is 56.6 Å². The summed E-state index contributed by atoms with van der Waals surface area (Å²) in [6.45, 7) is 49.3. The van der Waals surface area contributed by atoms with Crippen LogP contribution in [0, 0.1) is 0 Å². The normalized spacial score (nSPS) is 14.6. The molecule has 14 aromatic carbocycles. The summed E-state index contributed by atoms with van der Waals surface area (Å²) in [5, 5.41) is 0. The predicted molar refractivity (Wildman–Crippen MR) is 510 cm³/mol. The van der Waals surface area contributed by atoms with Gasteiger partial charge in [0.15, 0.2) is 0 Å². The number of ether oxygens (including phenoxy) is 1. The second-order valence-corrected chi connectivity index (χ2v) is 42.1. The molecular formula is C113H109B2N3O. The average Bonchev–Trinajstić information content (AvgIpc) is 1.57. The van der Waals surface area contributed by atoms with Crippen LogP contribution in [0.2, 0.25) is 0 Å². The topological polar surface area (TPSA) is 19.0 Å². The van der Waals surface area contributed by atoms with Gasteiger partial charge in [-0.05, 0) is 255 Å². The minimum Gasteiger partial charge on any atom is -0.458 e. The van der Waals surface area contributed by atoms with Crippen molar-refractivity contribution in [3.05, 3.63) is 340 Å². The number of hydrogen-bond acceptors (Lipinski definition) is 4. The molecule has 6 heteroatoms. The summed E-state index contributed by atoms with van der Waals surface area (Å²) in [5.41, 5.74) is 41.9. The summed E-state index contributed by atoms with van der Waals surface area (Å²) in [6.07, 6.45) is 0. The summed E-state index contributed by atoms with van der Waals surface area (Å²) < 4.78 is 7.67. The van der Waals surface area contributed by atoms with Gasteiger partial charge in [0.25, 0.3) is 13.4 Å². The van der Waals surface area contributed by atoms with Crippen LogP contribution >= 0.6 is 0 Å². The molecule has 4 nitrogen and oxygen atoms in total. The maximum Gasteiger partial charge on any atom is 0.256 e. The van der Waals surface area contributed by atoms with Crippen LogP contribution in [-0.2, 0) is 43.3 Å². The van der Waals surface area contributed by atoms with E-state index >= 15 is 0 Å². The molecule has 0 bridgehead atoms. The Labute approximate surface area is 708 Å². The first kappa shape index (κ1) is 76.1. The highest BCUT2D eigenvalue weighted by atomic mass is 16.5. The van der Waals surface area contributed by atoms with E-state index in [0.29, 0.717) is 0 Å².